The lowest BCUT2D eigenvalue weighted by Crippen LogP contribution is -2.23. The summed E-state index contributed by atoms with van der Waals surface area (Å²) in [5.74, 6) is 5.81. The van der Waals surface area contributed by atoms with Crippen molar-refractivity contribution < 1.29 is 4.79 Å². The van der Waals surface area contributed by atoms with Gasteiger partial charge >= 0.3 is 0 Å². The second kappa shape index (κ2) is 7.07. The van der Waals surface area contributed by atoms with Crippen LogP contribution in [0.5, 0.6) is 0 Å². The molecule has 0 spiro atoms. The maximum atomic E-state index is 12.3. The highest BCUT2D eigenvalue weighted by Gasteiger charge is 2.10. The van der Waals surface area contributed by atoms with Crippen LogP contribution in [0.3, 0.4) is 0 Å². The number of hydrogen-bond donors (Lipinski definition) is 2. The summed E-state index contributed by atoms with van der Waals surface area (Å²) in [4.78, 5) is 13.3. The van der Waals surface area contributed by atoms with Crippen molar-refractivity contribution in [2.24, 2.45) is 5.73 Å². The lowest BCUT2D eigenvalue weighted by molar-refractivity contribution is 0.0950. The number of thiophene rings is 1. The molecule has 108 valence electrons. The number of carbonyl (C=O) groups is 1. The number of aryl methyl sites for hydroxylation is 2. The number of benzene rings is 1. The molecular weight excluding hydrogens is 280 g/mol. The Balaban J connectivity index is 2.08. The first-order valence-electron chi connectivity index (χ1n) is 6.72. The zero-order chi connectivity index (χ0) is 15.2. The maximum absolute atomic E-state index is 12.3. The lowest BCUT2D eigenvalue weighted by Gasteiger charge is -2.08. The largest absolute Gasteiger partial charge is 0.347 e. The van der Waals surface area contributed by atoms with Crippen molar-refractivity contribution in [1.82, 2.24) is 5.32 Å². The van der Waals surface area contributed by atoms with E-state index in [4.69, 9.17) is 5.73 Å². The van der Waals surface area contributed by atoms with Gasteiger partial charge in [-0.2, -0.15) is 0 Å². The molecule has 21 heavy (non-hydrogen) atoms. The Morgan fingerprint density at radius 2 is 2.14 bits per heavy atom. The van der Waals surface area contributed by atoms with Crippen LogP contribution in [0, 0.1) is 25.7 Å². The number of amides is 1. The van der Waals surface area contributed by atoms with E-state index in [1.54, 1.807) is 11.3 Å². The summed E-state index contributed by atoms with van der Waals surface area (Å²) >= 11 is 1.59. The minimum atomic E-state index is -0.0534. The second-order valence-corrected chi connectivity index (χ2v) is 5.77. The van der Waals surface area contributed by atoms with Crippen LogP contribution in [0.2, 0.25) is 0 Å². The van der Waals surface area contributed by atoms with Crippen LogP contribution < -0.4 is 11.1 Å². The quantitative estimate of drug-likeness (QED) is 0.856. The fourth-order valence-corrected chi connectivity index (χ4v) is 2.74. The van der Waals surface area contributed by atoms with Gasteiger partial charge in [0.1, 0.15) is 0 Å². The first-order valence-corrected chi connectivity index (χ1v) is 7.60. The number of nitrogens with one attached hydrogen (secondary N) is 1. The highest BCUT2D eigenvalue weighted by molar-refractivity contribution is 7.10. The number of carbonyl (C=O) groups excluding carboxylic acids is 1. The van der Waals surface area contributed by atoms with Crippen LogP contribution in [0.25, 0.3) is 0 Å². The van der Waals surface area contributed by atoms with E-state index in [-0.39, 0.29) is 5.91 Å². The Hall–Kier alpha value is -2.09. The summed E-state index contributed by atoms with van der Waals surface area (Å²) < 4.78 is 0. The molecule has 0 atom stereocenters. The summed E-state index contributed by atoms with van der Waals surface area (Å²) in [6.07, 6.45) is 0. The molecule has 3 nitrogen and oxygen atoms in total. The minimum absolute atomic E-state index is 0.0534. The average molecular weight is 298 g/mol. The number of rotatable bonds is 3. The van der Waals surface area contributed by atoms with Crippen LogP contribution in [-0.2, 0) is 6.54 Å². The third-order valence-corrected chi connectivity index (χ3v) is 4.04. The van der Waals surface area contributed by atoms with E-state index in [1.165, 1.54) is 0 Å². The third kappa shape index (κ3) is 3.94. The predicted octanol–water partition coefficient (Wildman–Crippen LogP) is 2.61. The standard InChI is InChI=1S/C17H18N2OS/c1-12-5-6-13(2)15(10-12)17(20)19-11-16-14(4-3-8-18)7-9-21-16/h5-7,9-10H,8,11,18H2,1-2H3,(H,19,20). The van der Waals surface area contributed by atoms with Crippen molar-refractivity contribution >= 4 is 17.2 Å². The molecule has 0 bridgehead atoms. The van der Waals surface area contributed by atoms with Gasteiger partial charge in [-0.1, -0.05) is 29.5 Å². The SMILES string of the molecule is Cc1ccc(C)c(C(=O)NCc2sccc2C#CCN)c1. The van der Waals surface area contributed by atoms with Gasteiger partial charge in [0.2, 0.25) is 0 Å². The predicted molar refractivity (Wildman–Crippen MR) is 87.3 cm³/mol. The number of hydrogen-bond acceptors (Lipinski definition) is 3. The van der Waals surface area contributed by atoms with E-state index in [1.807, 2.05) is 43.5 Å². The first kappa shape index (κ1) is 15.3. The zero-order valence-corrected chi connectivity index (χ0v) is 13.0. The van der Waals surface area contributed by atoms with Gasteiger partial charge in [0.25, 0.3) is 5.91 Å². The highest BCUT2D eigenvalue weighted by Crippen LogP contribution is 2.16. The monoisotopic (exact) mass is 298 g/mol. The van der Waals surface area contributed by atoms with Crippen LogP contribution in [0.15, 0.2) is 29.6 Å². The summed E-state index contributed by atoms with van der Waals surface area (Å²) in [5.41, 5.74) is 9.10. The Kier molecular flexibility index (Phi) is 5.15. The van der Waals surface area contributed by atoms with Gasteiger partial charge < -0.3 is 11.1 Å². The smallest absolute Gasteiger partial charge is 0.251 e. The van der Waals surface area contributed by atoms with Crippen molar-refractivity contribution in [2.75, 3.05) is 6.54 Å². The van der Waals surface area contributed by atoms with Crippen molar-refractivity contribution in [3.05, 3.63) is 56.8 Å². The van der Waals surface area contributed by atoms with E-state index in [0.29, 0.717) is 13.1 Å². The van der Waals surface area contributed by atoms with Crippen LogP contribution >= 0.6 is 11.3 Å². The molecule has 2 aromatic rings. The minimum Gasteiger partial charge on any atom is -0.347 e. The van der Waals surface area contributed by atoms with Gasteiger partial charge in [0, 0.05) is 16.0 Å². The molecule has 1 aromatic carbocycles. The lowest BCUT2D eigenvalue weighted by atomic mass is 10.1. The molecule has 1 aromatic heterocycles. The fourth-order valence-electron chi connectivity index (χ4n) is 1.97. The summed E-state index contributed by atoms with van der Waals surface area (Å²) in [7, 11) is 0. The summed E-state index contributed by atoms with van der Waals surface area (Å²) in [6.45, 7) is 4.75. The number of nitrogens with two attached hydrogens (primary N) is 1. The third-order valence-electron chi connectivity index (χ3n) is 3.12. The summed E-state index contributed by atoms with van der Waals surface area (Å²) in [5, 5.41) is 4.93. The average Bonchev–Trinajstić information content (AvgIpc) is 2.92. The Labute approximate surface area is 129 Å². The molecule has 0 aliphatic rings. The molecule has 3 N–H and O–H groups in total. The van der Waals surface area contributed by atoms with Gasteiger partial charge in [-0.15, -0.1) is 11.3 Å². The van der Waals surface area contributed by atoms with Gasteiger partial charge in [0.15, 0.2) is 0 Å². The van der Waals surface area contributed by atoms with Gasteiger partial charge in [-0.05, 0) is 36.9 Å². The molecular formula is C17H18N2OS. The molecule has 0 saturated carbocycles. The van der Waals surface area contributed by atoms with Gasteiger partial charge in [0.05, 0.1) is 13.1 Å². The molecule has 0 radical (unpaired) electrons. The van der Waals surface area contributed by atoms with E-state index in [9.17, 15) is 4.79 Å². The Morgan fingerprint density at radius 1 is 1.33 bits per heavy atom. The van der Waals surface area contributed by atoms with E-state index < -0.39 is 0 Å². The van der Waals surface area contributed by atoms with Crippen molar-refractivity contribution in [1.29, 1.82) is 0 Å². The highest BCUT2D eigenvalue weighted by atomic mass is 32.1. The normalized spacial score (nSPS) is 9.86. The van der Waals surface area contributed by atoms with Gasteiger partial charge in [-0.3, -0.25) is 4.79 Å². The van der Waals surface area contributed by atoms with E-state index in [2.05, 4.69) is 17.2 Å². The molecule has 4 heteroatoms. The van der Waals surface area contributed by atoms with Crippen molar-refractivity contribution in [2.45, 2.75) is 20.4 Å². The van der Waals surface area contributed by atoms with Crippen LogP contribution in [0.4, 0.5) is 0 Å². The Morgan fingerprint density at radius 3 is 2.90 bits per heavy atom. The molecule has 2 rings (SSSR count). The van der Waals surface area contributed by atoms with Crippen LogP contribution in [-0.4, -0.2) is 12.5 Å². The molecule has 1 amide bonds. The van der Waals surface area contributed by atoms with Crippen molar-refractivity contribution in [3.8, 4) is 11.8 Å². The first-order chi connectivity index (χ1) is 10.1. The molecule has 0 aliphatic carbocycles. The zero-order valence-electron chi connectivity index (χ0n) is 12.2. The van der Waals surface area contributed by atoms with Crippen LogP contribution in [0.1, 0.15) is 31.9 Å². The fraction of sp³-hybridized carbons (Fsp3) is 0.235. The molecule has 0 aliphatic heterocycles. The van der Waals surface area contributed by atoms with Crippen molar-refractivity contribution in [3.63, 3.8) is 0 Å². The Bertz CT molecular complexity index is 707. The summed E-state index contributed by atoms with van der Waals surface area (Å²) in [6, 6.07) is 7.83. The second-order valence-electron chi connectivity index (χ2n) is 4.76. The molecule has 1 heterocycles. The molecule has 0 fully saturated rings. The molecule has 0 saturated heterocycles. The maximum Gasteiger partial charge on any atom is 0.251 e. The molecule has 0 unspecified atom stereocenters. The van der Waals surface area contributed by atoms with E-state index in [0.717, 1.165) is 27.1 Å². The van der Waals surface area contributed by atoms with Gasteiger partial charge in [-0.25, -0.2) is 0 Å². The van der Waals surface area contributed by atoms with E-state index >= 15 is 0 Å². The topological polar surface area (TPSA) is 55.1 Å².